The Balaban J connectivity index is 1.43. The second-order valence-electron chi connectivity index (χ2n) is 9.10. The Hall–Kier alpha value is -1.87. The predicted molar refractivity (Wildman–Crippen MR) is 121 cm³/mol. The number of ether oxygens (including phenoxy) is 5. The maximum absolute atomic E-state index is 11.3. The summed E-state index contributed by atoms with van der Waals surface area (Å²) in [5.74, 6) is 0.564. The lowest BCUT2D eigenvalue weighted by Gasteiger charge is -2.27. The number of hydrogen-bond acceptors (Lipinski definition) is 7. The highest BCUT2D eigenvalue weighted by Gasteiger charge is 2.56. The normalized spacial score (nSPS) is 28.3. The number of aliphatic hydroxyl groups is 2. The minimum absolute atomic E-state index is 0.487. The van der Waals surface area contributed by atoms with Crippen LogP contribution in [0, 0.1) is 0 Å². The third kappa shape index (κ3) is 4.22. The van der Waals surface area contributed by atoms with Crippen molar-refractivity contribution in [2.75, 3.05) is 13.2 Å². The topological polar surface area (TPSA) is 86.6 Å². The van der Waals surface area contributed by atoms with E-state index < -0.39 is 36.5 Å². The lowest BCUT2D eigenvalue weighted by molar-refractivity contribution is -0.226. The SMILES string of the molecule is CCOc1ccc(Cc2cc([C@H](O)[C@@H]3O[C@H]4OC(C)(C)O[C@H]4[C@@H]3O)c3c(c2Cl)OCC3)cc1. The fourth-order valence-electron chi connectivity index (χ4n) is 4.85. The first-order valence-electron chi connectivity index (χ1n) is 11.3. The summed E-state index contributed by atoms with van der Waals surface area (Å²) in [5.41, 5.74) is 3.38. The largest absolute Gasteiger partial charge is 0.494 e. The Morgan fingerprint density at radius 2 is 1.97 bits per heavy atom. The molecule has 0 spiro atoms. The maximum atomic E-state index is 11.3. The van der Waals surface area contributed by atoms with Crippen LogP contribution in [0.3, 0.4) is 0 Å². The van der Waals surface area contributed by atoms with E-state index >= 15 is 0 Å². The summed E-state index contributed by atoms with van der Waals surface area (Å²) in [4.78, 5) is 0. The molecule has 0 unspecified atom stereocenters. The van der Waals surface area contributed by atoms with Gasteiger partial charge >= 0.3 is 0 Å². The van der Waals surface area contributed by atoms with Gasteiger partial charge in [0.05, 0.1) is 18.2 Å². The van der Waals surface area contributed by atoms with Gasteiger partial charge in [-0.15, -0.1) is 0 Å². The van der Waals surface area contributed by atoms with Crippen LogP contribution in [0.5, 0.6) is 11.5 Å². The van der Waals surface area contributed by atoms with Gasteiger partial charge in [-0.2, -0.15) is 0 Å². The first-order chi connectivity index (χ1) is 15.8. The minimum Gasteiger partial charge on any atom is -0.494 e. The molecule has 0 bridgehead atoms. The van der Waals surface area contributed by atoms with Crippen molar-refractivity contribution in [3.63, 3.8) is 0 Å². The quantitative estimate of drug-likeness (QED) is 0.659. The van der Waals surface area contributed by atoms with Crippen molar-refractivity contribution in [3.8, 4) is 11.5 Å². The molecule has 5 atom stereocenters. The molecule has 0 radical (unpaired) electrons. The van der Waals surface area contributed by atoms with Crippen LogP contribution in [0.2, 0.25) is 5.02 Å². The van der Waals surface area contributed by atoms with Crippen LogP contribution in [-0.4, -0.2) is 53.8 Å². The third-order valence-electron chi connectivity index (χ3n) is 6.34. The molecule has 2 aromatic carbocycles. The van der Waals surface area contributed by atoms with Gasteiger partial charge in [0.1, 0.15) is 35.9 Å². The molecule has 0 aliphatic carbocycles. The number of halogens is 1. The van der Waals surface area contributed by atoms with Gasteiger partial charge in [-0.3, -0.25) is 0 Å². The van der Waals surface area contributed by atoms with E-state index in [0.717, 1.165) is 22.4 Å². The number of rotatable bonds is 6. The van der Waals surface area contributed by atoms with E-state index in [9.17, 15) is 10.2 Å². The summed E-state index contributed by atoms with van der Waals surface area (Å²) in [6, 6.07) is 9.73. The van der Waals surface area contributed by atoms with Crippen LogP contribution in [0.25, 0.3) is 0 Å². The molecule has 178 valence electrons. The first kappa shape index (κ1) is 22.9. The fourth-order valence-corrected chi connectivity index (χ4v) is 5.14. The Labute approximate surface area is 198 Å². The average Bonchev–Trinajstić information content (AvgIpc) is 3.46. The summed E-state index contributed by atoms with van der Waals surface area (Å²) < 4.78 is 28.8. The van der Waals surface area contributed by atoms with Gasteiger partial charge in [0.25, 0.3) is 0 Å². The lowest BCUT2D eigenvalue weighted by Crippen LogP contribution is -2.37. The Morgan fingerprint density at radius 3 is 2.67 bits per heavy atom. The van der Waals surface area contributed by atoms with Gasteiger partial charge in [-0.05, 0) is 56.0 Å². The Morgan fingerprint density at radius 1 is 1.21 bits per heavy atom. The monoisotopic (exact) mass is 476 g/mol. The number of benzene rings is 2. The second kappa shape index (κ2) is 8.73. The van der Waals surface area contributed by atoms with Crippen LogP contribution in [-0.2, 0) is 27.1 Å². The average molecular weight is 477 g/mol. The van der Waals surface area contributed by atoms with Crippen molar-refractivity contribution in [1.82, 2.24) is 0 Å². The molecule has 2 N–H and O–H groups in total. The van der Waals surface area contributed by atoms with Gasteiger partial charge < -0.3 is 33.9 Å². The molecule has 0 amide bonds. The predicted octanol–water partition coefficient (Wildman–Crippen LogP) is 3.54. The van der Waals surface area contributed by atoms with Crippen LogP contribution < -0.4 is 9.47 Å². The number of fused-ring (bicyclic) bond motifs is 2. The summed E-state index contributed by atoms with van der Waals surface area (Å²) in [7, 11) is 0. The van der Waals surface area contributed by atoms with Gasteiger partial charge in [0, 0.05) is 12.0 Å². The molecule has 2 aromatic rings. The Kier molecular flexibility index (Phi) is 6.05. The molecule has 3 aliphatic rings. The smallest absolute Gasteiger partial charge is 0.190 e. The molecule has 8 heteroatoms. The summed E-state index contributed by atoms with van der Waals surface area (Å²) >= 11 is 6.71. The first-order valence-corrected chi connectivity index (χ1v) is 11.7. The standard InChI is InChI=1S/C25H29ClO7/c1-4-29-15-7-5-13(6-8-15)11-14-12-17(16-9-10-30-21(16)18(14)26)19(27)22-20(28)23-24(31-22)33-25(2,3)32-23/h5-8,12,19-20,22-24,27-28H,4,9-11H2,1-3H3/t19-,20+,22-,23-,24-/m0/s1. The highest BCUT2D eigenvalue weighted by molar-refractivity contribution is 6.33. The third-order valence-corrected chi connectivity index (χ3v) is 6.76. The van der Waals surface area contributed by atoms with Crippen LogP contribution in [0.15, 0.2) is 30.3 Å². The molecule has 0 saturated carbocycles. The molecule has 7 nitrogen and oxygen atoms in total. The molecule has 2 fully saturated rings. The van der Waals surface area contributed by atoms with Crippen molar-refractivity contribution < 1.29 is 33.9 Å². The molecule has 2 saturated heterocycles. The minimum atomic E-state index is -1.09. The molecule has 33 heavy (non-hydrogen) atoms. The lowest BCUT2D eigenvalue weighted by atomic mass is 9.91. The van der Waals surface area contributed by atoms with E-state index in [0.29, 0.717) is 42.4 Å². The van der Waals surface area contributed by atoms with Crippen molar-refractivity contribution in [1.29, 1.82) is 0 Å². The van der Waals surface area contributed by atoms with Crippen molar-refractivity contribution in [2.45, 2.75) is 70.1 Å². The summed E-state index contributed by atoms with van der Waals surface area (Å²) in [6.07, 6.45) is -3.21. The number of hydrogen-bond donors (Lipinski definition) is 2. The molecule has 5 rings (SSSR count). The van der Waals surface area contributed by atoms with Gasteiger partial charge in [0.2, 0.25) is 0 Å². The summed E-state index contributed by atoms with van der Waals surface area (Å²) in [6.45, 7) is 6.58. The van der Waals surface area contributed by atoms with E-state index in [1.165, 1.54) is 0 Å². The zero-order chi connectivity index (χ0) is 23.3. The highest BCUT2D eigenvalue weighted by atomic mass is 35.5. The van der Waals surface area contributed by atoms with Crippen LogP contribution in [0.4, 0.5) is 0 Å². The van der Waals surface area contributed by atoms with Crippen LogP contribution >= 0.6 is 11.6 Å². The molecule has 3 heterocycles. The van der Waals surface area contributed by atoms with E-state index in [1.807, 2.05) is 37.3 Å². The van der Waals surface area contributed by atoms with Crippen LogP contribution in [0.1, 0.15) is 49.1 Å². The van der Waals surface area contributed by atoms with E-state index in [4.69, 9.17) is 35.3 Å². The van der Waals surface area contributed by atoms with Gasteiger partial charge in [-0.1, -0.05) is 29.8 Å². The summed E-state index contributed by atoms with van der Waals surface area (Å²) in [5, 5.41) is 22.7. The van der Waals surface area contributed by atoms with E-state index in [1.54, 1.807) is 13.8 Å². The number of aliphatic hydroxyl groups excluding tert-OH is 2. The molecule has 0 aromatic heterocycles. The van der Waals surface area contributed by atoms with E-state index in [-0.39, 0.29) is 0 Å². The Bertz CT molecular complexity index is 1020. The van der Waals surface area contributed by atoms with Gasteiger partial charge in [0.15, 0.2) is 12.1 Å². The van der Waals surface area contributed by atoms with Crippen molar-refractivity contribution in [3.05, 3.63) is 57.6 Å². The fraction of sp³-hybridized carbons (Fsp3) is 0.520. The van der Waals surface area contributed by atoms with Crippen molar-refractivity contribution in [2.24, 2.45) is 0 Å². The molecule has 3 aliphatic heterocycles. The molecular formula is C25H29ClO7. The zero-order valence-electron chi connectivity index (χ0n) is 18.9. The highest BCUT2D eigenvalue weighted by Crippen LogP contribution is 2.45. The molecular weight excluding hydrogens is 448 g/mol. The van der Waals surface area contributed by atoms with E-state index in [2.05, 4.69) is 0 Å². The second-order valence-corrected chi connectivity index (χ2v) is 9.48. The van der Waals surface area contributed by atoms with Gasteiger partial charge in [-0.25, -0.2) is 0 Å². The maximum Gasteiger partial charge on any atom is 0.190 e. The zero-order valence-corrected chi connectivity index (χ0v) is 19.7. The van der Waals surface area contributed by atoms with Crippen molar-refractivity contribution >= 4 is 11.6 Å².